The Kier molecular flexibility index (Phi) is 11.8. The topological polar surface area (TPSA) is 136 Å². The molecule has 4 heterocycles. The number of rotatable bonds is 7. The number of nitrogens with one attached hydrogen (secondary N) is 3. The van der Waals surface area contributed by atoms with Gasteiger partial charge in [0, 0.05) is 37.2 Å². The third-order valence-electron chi connectivity index (χ3n) is 8.78. The number of imidazole rings is 2. The highest BCUT2D eigenvalue weighted by atomic mass is 16.5. The fourth-order valence-electron chi connectivity index (χ4n) is 6.14. The fourth-order valence-corrected chi connectivity index (χ4v) is 6.14. The van der Waals surface area contributed by atoms with E-state index in [1.807, 2.05) is 37.8 Å². The van der Waals surface area contributed by atoms with Gasteiger partial charge in [0.05, 0.1) is 31.5 Å². The molecule has 2 aliphatic rings. The summed E-state index contributed by atoms with van der Waals surface area (Å²) in [4.78, 5) is 55.4. The van der Waals surface area contributed by atoms with Crippen LogP contribution in [-0.2, 0) is 14.3 Å². The molecule has 4 aromatic rings. The first-order valence-corrected chi connectivity index (χ1v) is 17.2. The summed E-state index contributed by atoms with van der Waals surface area (Å²) < 4.78 is 4.72. The second-order valence-electron chi connectivity index (χ2n) is 13.6. The van der Waals surface area contributed by atoms with Crippen molar-refractivity contribution in [2.24, 2.45) is 11.8 Å². The first-order valence-electron chi connectivity index (χ1n) is 17.2. The number of aromatic nitrogens is 4. The Hall–Kier alpha value is -5.37. The lowest BCUT2D eigenvalue weighted by molar-refractivity contribution is -0.135. The molecule has 0 saturated carbocycles. The minimum Gasteiger partial charge on any atom is -0.453 e. The molecule has 50 heavy (non-hydrogen) atoms. The highest BCUT2D eigenvalue weighted by Crippen LogP contribution is 2.30. The Balaban J connectivity index is 0.000000377. The Morgan fingerprint density at radius 2 is 1.76 bits per heavy atom. The number of carbonyl (C=O) groups is 3. The smallest absolute Gasteiger partial charge is 0.407 e. The lowest BCUT2D eigenvalue weighted by atomic mass is 10.0. The molecule has 6 rings (SSSR count). The summed E-state index contributed by atoms with van der Waals surface area (Å²) in [6.45, 7) is 12.4. The van der Waals surface area contributed by atoms with Crippen molar-refractivity contribution in [1.29, 1.82) is 0 Å². The summed E-state index contributed by atoms with van der Waals surface area (Å²) in [5, 5.41) is 4.87. The van der Waals surface area contributed by atoms with Gasteiger partial charge in [-0.3, -0.25) is 9.59 Å². The van der Waals surface area contributed by atoms with Gasteiger partial charge < -0.3 is 29.8 Å². The second-order valence-corrected chi connectivity index (χ2v) is 13.6. The summed E-state index contributed by atoms with van der Waals surface area (Å²) in [5.41, 5.74) is 4.63. The SMILES string of the molecule is CC(C)CC(=O)N1CCCC1.COC(=O)NC(C(=O)N1CC(C)=CC1c1ncc(C#Cc2ccc3cc(-c4cnc[nH]4)ccc3c2)[nH]1)C(C)C. The molecule has 2 aliphatic heterocycles. The van der Waals surface area contributed by atoms with Crippen molar-refractivity contribution in [3.8, 4) is 23.1 Å². The highest BCUT2D eigenvalue weighted by Gasteiger charge is 2.36. The van der Waals surface area contributed by atoms with E-state index in [9.17, 15) is 14.4 Å². The van der Waals surface area contributed by atoms with Crippen LogP contribution in [0.3, 0.4) is 0 Å². The third kappa shape index (κ3) is 8.99. The van der Waals surface area contributed by atoms with Crippen molar-refractivity contribution < 1.29 is 19.1 Å². The minimum absolute atomic E-state index is 0.116. The average Bonchev–Trinajstić information content (AvgIpc) is 3.93. The molecule has 2 atom stereocenters. The van der Waals surface area contributed by atoms with E-state index in [0.29, 0.717) is 29.9 Å². The lowest BCUT2D eigenvalue weighted by Gasteiger charge is -2.30. The van der Waals surface area contributed by atoms with Crippen molar-refractivity contribution in [3.05, 3.63) is 83.9 Å². The number of aromatic amines is 2. The molecule has 11 nitrogen and oxygen atoms in total. The number of methoxy groups -OCH3 is 1. The van der Waals surface area contributed by atoms with Gasteiger partial charge in [-0.15, -0.1) is 0 Å². The van der Waals surface area contributed by atoms with E-state index in [-0.39, 0.29) is 17.9 Å². The van der Waals surface area contributed by atoms with Crippen molar-refractivity contribution >= 4 is 28.7 Å². The Bertz CT molecular complexity index is 1890. The Morgan fingerprint density at radius 1 is 1.02 bits per heavy atom. The van der Waals surface area contributed by atoms with Crippen molar-refractivity contribution in [3.63, 3.8) is 0 Å². The minimum atomic E-state index is -0.711. The van der Waals surface area contributed by atoms with Crippen LogP contribution >= 0.6 is 0 Å². The number of H-pyrrole nitrogens is 2. The molecule has 2 aromatic heterocycles. The first kappa shape index (κ1) is 35.9. The van der Waals surface area contributed by atoms with Crippen molar-refractivity contribution in [2.45, 2.75) is 66.0 Å². The van der Waals surface area contributed by atoms with Gasteiger partial charge >= 0.3 is 6.09 Å². The van der Waals surface area contributed by atoms with Gasteiger partial charge in [-0.25, -0.2) is 14.8 Å². The van der Waals surface area contributed by atoms with Crippen LogP contribution in [-0.4, -0.2) is 80.4 Å². The molecule has 0 radical (unpaired) electrons. The molecule has 0 bridgehead atoms. The van der Waals surface area contributed by atoms with Gasteiger partial charge in [0.2, 0.25) is 11.8 Å². The second kappa shape index (κ2) is 16.4. The Labute approximate surface area is 293 Å². The average molecular weight is 678 g/mol. The maximum Gasteiger partial charge on any atom is 0.407 e. The molecule has 3 amide bonds. The molecule has 0 spiro atoms. The fraction of sp³-hybridized carbons (Fsp3) is 0.410. The molecule has 2 aromatic carbocycles. The van der Waals surface area contributed by atoms with E-state index in [4.69, 9.17) is 4.74 Å². The molecule has 3 N–H and O–H groups in total. The van der Waals surface area contributed by atoms with Gasteiger partial charge in [-0.05, 0) is 66.5 Å². The summed E-state index contributed by atoms with van der Waals surface area (Å²) >= 11 is 0. The number of alkyl carbamates (subject to hydrolysis) is 1. The zero-order chi connectivity index (χ0) is 35.8. The van der Waals surface area contributed by atoms with Gasteiger partial charge in [-0.2, -0.15) is 0 Å². The zero-order valence-electron chi connectivity index (χ0n) is 29.7. The highest BCUT2D eigenvalue weighted by molar-refractivity contribution is 5.88. The first-order chi connectivity index (χ1) is 24.0. The van der Waals surface area contributed by atoms with E-state index >= 15 is 0 Å². The maximum atomic E-state index is 13.4. The number of hydrogen-bond donors (Lipinski definition) is 3. The van der Waals surface area contributed by atoms with Crippen LogP contribution in [0, 0.1) is 23.7 Å². The van der Waals surface area contributed by atoms with E-state index in [2.05, 4.69) is 81.3 Å². The number of likely N-dealkylation sites (tertiary alicyclic amines) is 1. The zero-order valence-corrected chi connectivity index (χ0v) is 29.7. The number of nitrogens with zero attached hydrogens (tertiary/aromatic N) is 4. The summed E-state index contributed by atoms with van der Waals surface area (Å²) in [7, 11) is 1.28. The monoisotopic (exact) mass is 677 g/mol. The lowest BCUT2D eigenvalue weighted by Crippen LogP contribution is -2.51. The molecule has 11 heteroatoms. The quantitative estimate of drug-likeness (QED) is 0.157. The number of benzene rings is 2. The van der Waals surface area contributed by atoms with E-state index < -0.39 is 12.1 Å². The van der Waals surface area contributed by atoms with Crippen LogP contribution in [0.5, 0.6) is 0 Å². The van der Waals surface area contributed by atoms with Gasteiger partial charge in [0.1, 0.15) is 23.6 Å². The predicted octanol–water partition coefficient (Wildman–Crippen LogP) is 6.22. The van der Waals surface area contributed by atoms with E-state index in [1.54, 1.807) is 23.6 Å². The molecule has 0 aliphatic carbocycles. The summed E-state index contributed by atoms with van der Waals surface area (Å²) in [6, 6.07) is 11.3. The molecule has 1 saturated heterocycles. The normalized spacial score (nSPS) is 16.1. The van der Waals surface area contributed by atoms with Gasteiger partial charge in [0.25, 0.3) is 0 Å². The summed E-state index contributed by atoms with van der Waals surface area (Å²) in [6.07, 6.45) is 9.64. The van der Waals surface area contributed by atoms with Crippen LogP contribution in [0.15, 0.2) is 66.8 Å². The van der Waals surface area contributed by atoms with E-state index in [1.165, 1.54) is 20.0 Å². The molecule has 2 unspecified atom stereocenters. The number of carbonyl (C=O) groups excluding carboxylic acids is 3. The number of amides is 3. The molecule has 262 valence electrons. The maximum absolute atomic E-state index is 13.4. The van der Waals surface area contributed by atoms with Gasteiger partial charge in [0.15, 0.2) is 0 Å². The van der Waals surface area contributed by atoms with Gasteiger partial charge in [-0.1, -0.05) is 63.5 Å². The van der Waals surface area contributed by atoms with Crippen LogP contribution in [0.2, 0.25) is 0 Å². The Morgan fingerprint density at radius 3 is 2.44 bits per heavy atom. The number of fused-ring (bicyclic) bond motifs is 1. The largest absolute Gasteiger partial charge is 0.453 e. The molecular weight excluding hydrogens is 630 g/mol. The third-order valence-corrected chi connectivity index (χ3v) is 8.78. The molecule has 1 fully saturated rings. The van der Waals surface area contributed by atoms with Crippen molar-refractivity contribution in [2.75, 3.05) is 26.7 Å². The van der Waals surface area contributed by atoms with Crippen LogP contribution in [0.1, 0.15) is 77.0 Å². The predicted molar refractivity (Wildman–Crippen MR) is 194 cm³/mol. The van der Waals surface area contributed by atoms with Crippen molar-refractivity contribution in [1.82, 2.24) is 35.1 Å². The van der Waals surface area contributed by atoms with Crippen LogP contribution in [0.4, 0.5) is 4.79 Å². The standard InChI is InChI=1S/C30H30N6O3.C9H17NO/c1-18(2)27(35-30(38)39-4)29(37)36-16-19(3)11-26(36)28-32-14-24(34-28)10-6-20-5-7-22-13-23(9-8-21(22)12-20)25-15-31-17-33-25;1-8(2)7-9(11)10-5-3-4-6-10/h5,7-9,11-15,17-18,26-27H,16H2,1-4H3,(H,31,33)(H,32,34)(H,35,38);8H,3-7H2,1-2H3. The summed E-state index contributed by atoms with van der Waals surface area (Å²) in [5.74, 6) is 7.52. The number of ether oxygens (including phenoxy) is 1. The van der Waals surface area contributed by atoms with Crippen LogP contribution < -0.4 is 5.32 Å². The van der Waals surface area contributed by atoms with E-state index in [0.717, 1.165) is 52.7 Å². The molecular formula is C39H47N7O4. The van der Waals surface area contributed by atoms with Crippen LogP contribution in [0.25, 0.3) is 22.0 Å². The number of hydrogen-bond acceptors (Lipinski definition) is 6.